The number of piperazine rings is 1. The Morgan fingerprint density at radius 2 is 2.44 bits per heavy atom. The van der Waals surface area contributed by atoms with Gasteiger partial charge in [0.2, 0.25) is 0 Å². The summed E-state index contributed by atoms with van der Waals surface area (Å²) in [6, 6.07) is 0.338. The normalized spacial score (nSPS) is 22.9. The van der Waals surface area contributed by atoms with Gasteiger partial charge in [-0.25, -0.2) is 0 Å². The van der Waals surface area contributed by atoms with E-state index in [-0.39, 0.29) is 0 Å². The molecule has 4 heteroatoms. The van der Waals surface area contributed by atoms with Gasteiger partial charge in [0.1, 0.15) is 0 Å². The molecule has 90 valence electrons. The van der Waals surface area contributed by atoms with Crippen molar-refractivity contribution in [2.24, 2.45) is 5.92 Å². The summed E-state index contributed by atoms with van der Waals surface area (Å²) in [6.07, 6.45) is 2.92. The zero-order chi connectivity index (χ0) is 11.5. The minimum Gasteiger partial charge on any atom is -0.359 e. The molecule has 16 heavy (non-hydrogen) atoms. The number of aromatic nitrogens is 1. The molecule has 1 aliphatic heterocycles. The Bertz CT molecular complexity index is 335. The van der Waals surface area contributed by atoms with E-state index in [2.05, 4.69) is 36.3 Å². The molecule has 0 radical (unpaired) electrons. The van der Waals surface area contributed by atoms with Gasteiger partial charge in [-0.05, 0) is 19.4 Å². The van der Waals surface area contributed by atoms with Gasteiger partial charge in [-0.1, -0.05) is 19.0 Å². The lowest BCUT2D eigenvalue weighted by atomic mass is 10.00. The first-order chi connectivity index (χ1) is 7.68. The average molecular weight is 223 g/mol. The van der Waals surface area contributed by atoms with Crippen molar-refractivity contribution >= 4 is 0 Å². The fourth-order valence-electron chi connectivity index (χ4n) is 2.24. The first kappa shape index (κ1) is 11.6. The van der Waals surface area contributed by atoms with Crippen molar-refractivity contribution in [3.05, 3.63) is 17.5 Å². The number of nitrogens with zero attached hydrogens (tertiary/aromatic N) is 2. The Labute approximate surface area is 97.0 Å². The second-order valence-electron chi connectivity index (χ2n) is 5.01. The first-order valence-electron chi connectivity index (χ1n) is 6.03. The molecule has 1 saturated heterocycles. The van der Waals surface area contributed by atoms with Crippen molar-refractivity contribution in [3.8, 4) is 0 Å². The molecule has 0 spiro atoms. The van der Waals surface area contributed by atoms with E-state index in [1.807, 2.05) is 6.20 Å². The quantitative estimate of drug-likeness (QED) is 0.842. The van der Waals surface area contributed by atoms with Gasteiger partial charge in [0.15, 0.2) is 5.76 Å². The second kappa shape index (κ2) is 4.97. The molecule has 1 N–H and O–H groups in total. The molecule has 1 aromatic rings. The number of hydrogen-bond acceptors (Lipinski definition) is 4. The molecular formula is C12H21N3O. The van der Waals surface area contributed by atoms with Gasteiger partial charge in [0, 0.05) is 25.2 Å². The maximum Gasteiger partial charge on any atom is 0.158 e. The predicted molar refractivity (Wildman–Crippen MR) is 63.3 cm³/mol. The maximum atomic E-state index is 5.44. The molecule has 1 unspecified atom stereocenters. The van der Waals surface area contributed by atoms with Gasteiger partial charge in [0.25, 0.3) is 0 Å². The highest BCUT2D eigenvalue weighted by molar-refractivity contribution is 5.18. The Morgan fingerprint density at radius 1 is 1.62 bits per heavy atom. The Morgan fingerprint density at radius 3 is 3.12 bits per heavy atom. The van der Waals surface area contributed by atoms with Crippen LogP contribution in [0.4, 0.5) is 0 Å². The minimum atomic E-state index is 0.338. The molecule has 1 atom stereocenters. The zero-order valence-corrected chi connectivity index (χ0v) is 10.4. The number of rotatable bonds is 3. The highest BCUT2D eigenvalue weighted by atomic mass is 16.5. The van der Waals surface area contributed by atoms with E-state index < -0.39 is 0 Å². The van der Waals surface area contributed by atoms with Crippen LogP contribution in [0.2, 0.25) is 0 Å². The SMILES string of the molecule is CC(C)Cc1cnoc1C1CNCCN1C. The molecule has 2 heterocycles. The van der Waals surface area contributed by atoms with Crippen LogP contribution in [0.25, 0.3) is 0 Å². The third-order valence-corrected chi connectivity index (χ3v) is 3.12. The average Bonchev–Trinajstić information content (AvgIpc) is 2.66. The fourth-order valence-corrected chi connectivity index (χ4v) is 2.24. The van der Waals surface area contributed by atoms with Crippen LogP contribution >= 0.6 is 0 Å². The molecule has 2 rings (SSSR count). The third kappa shape index (κ3) is 2.44. The zero-order valence-electron chi connectivity index (χ0n) is 10.4. The molecule has 4 nitrogen and oxygen atoms in total. The molecule has 1 aliphatic rings. The van der Waals surface area contributed by atoms with E-state index in [1.54, 1.807) is 0 Å². The lowest BCUT2D eigenvalue weighted by molar-refractivity contribution is 0.166. The van der Waals surface area contributed by atoms with Crippen LogP contribution in [-0.2, 0) is 6.42 Å². The van der Waals surface area contributed by atoms with Crippen LogP contribution in [-0.4, -0.2) is 36.7 Å². The van der Waals surface area contributed by atoms with Crippen LogP contribution in [0.15, 0.2) is 10.7 Å². The van der Waals surface area contributed by atoms with E-state index in [0.29, 0.717) is 12.0 Å². The van der Waals surface area contributed by atoms with Gasteiger partial charge in [-0.15, -0.1) is 0 Å². The number of hydrogen-bond donors (Lipinski definition) is 1. The molecule has 0 aromatic carbocycles. The van der Waals surface area contributed by atoms with Gasteiger partial charge in [-0.2, -0.15) is 0 Å². The summed E-state index contributed by atoms with van der Waals surface area (Å²) in [5, 5.41) is 7.36. The molecule has 0 bridgehead atoms. The summed E-state index contributed by atoms with van der Waals surface area (Å²) >= 11 is 0. The van der Waals surface area contributed by atoms with Gasteiger partial charge in [-0.3, -0.25) is 4.90 Å². The molecule has 0 aliphatic carbocycles. The molecule has 0 saturated carbocycles. The van der Waals surface area contributed by atoms with E-state index in [0.717, 1.165) is 31.8 Å². The largest absolute Gasteiger partial charge is 0.359 e. The maximum absolute atomic E-state index is 5.44. The van der Waals surface area contributed by atoms with E-state index >= 15 is 0 Å². The smallest absolute Gasteiger partial charge is 0.158 e. The van der Waals surface area contributed by atoms with Gasteiger partial charge in [0.05, 0.1) is 12.2 Å². The van der Waals surface area contributed by atoms with E-state index in [9.17, 15) is 0 Å². The molecular weight excluding hydrogens is 202 g/mol. The number of nitrogens with one attached hydrogen (secondary N) is 1. The Kier molecular flexibility index (Phi) is 3.61. The monoisotopic (exact) mass is 223 g/mol. The molecule has 1 fully saturated rings. The Balaban J connectivity index is 2.15. The molecule has 1 aromatic heterocycles. The fraction of sp³-hybridized carbons (Fsp3) is 0.750. The van der Waals surface area contributed by atoms with Crippen molar-refractivity contribution < 1.29 is 4.52 Å². The van der Waals surface area contributed by atoms with Crippen molar-refractivity contribution in [3.63, 3.8) is 0 Å². The van der Waals surface area contributed by atoms with Crippen LogP contribution < -0.4 is 5.32 Å². The standard InChI is InChI=1S/C12H21N3O/c1-9(2)6-10-7-14-16-12(10)11-8-13-4-5-15(11)3/h7,9,11,13H,4-6,8H2,1-3H3. The van der Waals surface area contributed by atoms with Gasteiger partial charge < -0.3 is 9.84 Å². The predicted octanol–water partition coefficient (Wildman–Crippen LogP) is 1.45. The second-order valence-corrected chi connectivity index (χ2v) is 5.01. The lowest BCUT2D eigenvalue weighted by Gasteiger charge is -2.31. The van der Waals surface area contributed by atoms with Crippen molar-refractivity contribution in [2.75, 3.05) is 26.7 Å². The van der Waals surface area contributed by atoms with Crippen molar-refractivity contribution in [2.45, 2.75) is 26.3 Å². The Hall–Kier alpha value is -0.870. The summed E-state index contributed by atoms with van der Waals surface area (Å²) in [5.41, 5.74) is 1.26. The van der Waals surface area contributed by atoms with Crippen LogP contribution in [0.1, 0.15) is 31.2 Å². The summed E-state index contributed by atoms with van der Waals surface area (Å²) in [6.45, 7) is 7.52. The summed E-state index contributed by atoms with van der Waals surface area (Å²) in [5.74, 6) is 1.68. The van der Waals surface area contributed by atoms with Crippen LogP contribution in [0, 0.1) is 5.92 Å². The first-order valence-corrected chi connectivity index (χ1v) is 6.03. The number of likely N-dealkylation sites (N-methyl/N-ethyl adjacent to an activating group) is 1. The summed E-state index contributed by atoms with van der Waals surface area (Å²) in [4.78, 5) is 2.33. The minimum absolute atomic E-state index is 0.338. The topological polar surface area (TPSA) is 41.3 Å². The lowest BCUT2D eigenvalue weighted by Crippen LogP contribution is -2.44. The summed E-state index contributed by atoms with van der Waals surface area (Å²) in [7, 11) is 2.15. The highest BCUT2D eigenvalue weighted by Gasteiger charge is 2.26. The van der Waals surface area contributed by atoms with Crippen molar-refractivity contribution in [1.82, 2.24) is 15.4 Å². The third-order valence-electron chi connectivity index (χ3n) is 3.12. The van der Waals surface area contributed by atoms with Crippen LogP contribution in [0.5, 0.6) is 0 Å². The van der Waals surface area contributed by atoms with Crippen LogP contribution in [0.3, 0.4) is 0 Å². The van der Waals surface area contributed by atoms with Crippen molar-refractivity contribution in [1.29, 1.82) is 0 Å². The highest BCUT2D eigenvalue weighted by Crippen LogP contribution is 2.25. The van der Waals surface area contributed by atoms with Gasteiger partial charge >= 0.3 is 0 Å². The molecule has 0 amide bonds. The summed E-state index contributed by atoms with van der Waals surface area (Å²) < 4.78 is 5.44. The van der Waals surface area contributed by atoms with E-state index in [1.165, 1.54) is 5.56 Å². The van der Waals surface area contributed by atoms with E-state index in [4.69, 9.17) is 4.52 Å².